The van der Waals surface area contributed by atoms with E-state index in [1.807, 2.05) is 26.0 Å². The van der Waals surface area contributed by atoms with Crippen LogP contribution >= 0.6 is 0 Å². The molecule has 5 heteroatoms. The highest BCUT2D eigenvalue weighted by molar-refractivity contribution is 5.60. The Hall–Kier alpha value is -1.59. The zero-order valence-corrected chi connectivity index (χ0v) is 10.9. The van der Waals surface area contributed by atoms with E-state index in [9.17, 15) is 0 Å². The summed E-state index contributed by atoms with van der Waals surface area (Å²) < 4.78 is 15.7. The highest BCUT2D eigenvalue weighted by atomic mass is 16.5. The van der Waals surface area contributed by atoms with E-state index in [2.05, 4.69) is 10.5 Å². The van der Waals surface area contributed by atoms with Gasteiger partial charge < -0.3 is 19.0 Å². The number of ether oxygens (including phenoxy) is 1. The van der Waals surface area contributed by atoms with Crippen LogP contribution in [0.25, 0.3) is 11.3 Å². The molecule has 0 unspecified atom stereocenters. The molecule has 5 nitrogen and oxygen atoms in total. The summed E-state index contributed by atoms with van der Waals surface area (Å²) in [5, 5.41) is 7.24. The van der Waals surface area contributed by atoms with Crippen molar-refractivity contribution in [2.75, 3.05) is 20.3 Å². The average molecular weight is 250 g/mol. The van der Waals surface area contributed by atoms with Crippen molar-refractivity contribution in [2.24, 2.45) is 0 Å². The summed E-state index contributed by atoms with van der Waals surface area (Å²) in [6.07, 6.45) is 0. The summed E-state index contributed by atoms with van der Waals surface area (Å²) in [4.78, 5) is 0. The Balaban J connectivity index is 1.99. The Kier molecular flexibility index (Phi) is 4.17. The summed E-state index contributed by atoms with van der Waals surface area (Å²) in [5.41, 5.74) is 1.84. The van der Waals surface area contributed by atoms with Gasteiger partial charge >= 0.3 is 0 Å². The molecule has 0 radical (unpaired) electrons. The minimum atomic E-state index is 0.669. The molecule has 2 rings (SSSR count). The molecule has 0 saturated carbocycles. The number of hydrogen-bond donors (Lipinski definition) is 1. The van der Waals surface area contributed by atoms with Crippen molar-refractivity contribution in [1.82, 2.24) is 10.5 Å². The lowest BCUT2D eigenvalue weighted by Gasteiger charge is -1.99. The molecule has 0 aromatic carbocycles. The molecular weight excluding hydrogens is 232 g/mol. The molecule has 0 saturated heterocycles. The van der Waals surface area contributed by atoms with E-state index in [1.54, 1.807) is 7.11 Å². The standard InChI is InChI=1S/C13H18N2O3/c1-9-6-12(10(2)17-9)13-7-11(15-18-13)8-14-4-5-16-3/h6-7,14H,4-5,8H2,1-3H3. The number of methoxy groups -OCH3 is 1. The van der Waals surface area contributed by atoms with Crippen LogP contribution in [0.2, 0.25) is 0 Å². The Morgan fingerprint density at radius 1 is 1.33 bits per heavy atom. The number of hydrogen-bond acceptors (Lipinski definition) is 5. The molecule has 2 aromatic heterocycles. The van der Waals surface area contributed by atoms with Crippen molar-refractivity contribution in [3.05, 3.63) is 29.3 Å². The topological polar surface area (TPSA) is 60.4 Å². The maximum atomic E-state index is 5.47. The Bertz CT molecular complexity index is 502. The van der Waals surface area contributed by atoms with Gasteiger partial charge in [-0.25, -0.2) is 0 Å². The van der Waals surface area contributed by atoms with Crippen LogP contribution in [0, 0.1) is 13.8 Å². The van der Waals surface area contributed by atoms with E-state index in [4.69, 9.17) is 13.7 Å². The SMILES string of the molecule is COCCNCc1cc(-c2cc(C)oc2C)on1. The smallest absolute Gasteiger partial charge is 0.170 e. The van der Waals surface area contributed by atoms with Crippen molar-refractivity contribution >= 4 is 0 Å². The molecule has 0 aliphatic rings. The van der Waals surface area contributed by atoms with Crippen LogP contribution in [0.15, 0.2) is 21.1 Å². The van der Waals surface area contributed by atoms with Gasteiger partial charge in [0.2, 0.25) is 0 Å². The van der Waals surface area contributed by atoms with Crippen LogP contribution in [-0.4, -0.2) is 25.4 Å². The van der Waals surface area contributed by atoms with Crippen LogP contribution in [0.1, 0.15) is 17.2 Å². The van der Waals surface area contributed by atoms with Gasteiger partial charge in [0.1, 0.15) is 11.5 Å². The number of nitrogens with zero attached hydrogens (tertiary/aromatic N) is 1. The highest BCUT2D eigenvalue weighted by Crippen LogP contribution is 2.26. The summed E-state index contributed by atoms with van der Waals surface area (Å²) in [5.74, 6) is 2.47. The van der Waals surface area contributed by atoms with Crippen LogP contribution in [-0.2, 0) is 11.3 Å². The minimum absolute atomic E-state index is 0.669. The Morgan fingerprint density at radius 3 is 2.83 bits per heavy atom. The molecule has 0 amide bonds. The van der Waals surface area contributed by atoms with E-state index in [0.29, 0.717) is 13.2 Å². The molecule has 0 aliphatic heterocycles. The fourth-order valence-corrected chi connectivity index (χ4v) is 1.79. The van der Waals surface area contributed by atoms with Crippen LogP contribution in [0.3, 0.4) is 0 Å². The largest absolute Gasteiger partial charge is 0.466 e. The molecule has 0 bridgehead atoms. The van der Waals surface area contributed by atoms with Gasteiger partial charge in [-0.1, -0.05) is 5.16 Å². The van der Waals surface area contributed by atoms with E-state index >= 15 is 0 Å². The summed E-state index contributed by atoms with van der Waals surface area (Å²) in [6, 6.07) is 3.88. The molecule has 2 aromatic rings. The van der Waals surface area contributed by atoms with Crippen molar-refractivity contribution in [3.8, 4) is 11.3 Å². The van der Waals surface area contributed by atoms with Crippen molar-refractivity contribution < 1.29 is 13.7 Å². The molecule has 2 heterocycles. The first-order chi connectivity index (χ1) is 8.70. The molecule has 0 fully saturated rings. The second-order valence-corrected chi connectivity index (χ2v) is 4.18. The second-order valence-electron chi connectivity index (χ2n) is 4.18. The summed E-state index contributed by atoms with van der Waals surface area (Å²) >= 11 is 0. The zero-order chi connectivity index (χ0) is 13.0. The van der Waals surface area contributed by atoms with Gasteiger partial charge in [0.15, 0.2) is 5.76 Å². The quantitative estimate of drug-likeness (QED) is 0.797. The van der Waals surface area contributed by atoms with Crippen molar-refractivity contribution in [3.63, 3.8) is 0 Å². The third-order valence-electron chi connectivity index (χ3n) is 2.65. The maximum Gasteiger partial charge on any atom is 0.170 e. The molecule has 0 atom stereocenters. The number of aromatic nitrogens is 1. The number of furan rings is 1. The van der Waals surface area contributed by atoms with E-state index < -0.39 is 0 Å². The van der Waals surface area contributed by atoms with Gasteiger partial charge in [0.25, 0.3) is 0 Å². The molecular formula is C13H18N2O3. The number of rotatable bonds is 6. The number of nitrogens with one attached hydrogen (secondary N) is 1. The Morgan fingerprint density at radius 2 is 2.17 bits per heavy atom. The van der Waals surface area contributed by atoms with Gasteiger partial charge in [-0.2, -0.15) is 0 Å². The lowest BCUT2D eigenvalue weighted by molar-refractivity contribution is 0.199. The lowest BCUT2D eigenvalue weighted by Crippen LogP contribution is -2.18. The normalized spacial score (nSPS) is 11.1. The van der Waals surface area contributed by atoms with Gasteiger partial charge in [0, 0.05) is 26.3 Å². The molecule has 1 N–H and O–H groups in total. The van der Waals surface area contributed by atoms with Crippen LogP contribution in [0.5, 0.6) is 0 Å². The summed E-state index contributed by atoms with van der Waals surface area (Å²) in [6.45, 7) is 5.98. The average Bonchev–Trinajstić information content (AvgIpc) is 2.91. The predicted octanol–water partition coefficient (Wildman–Crippen LogP) is 2.29. The Labute approximate surface area is 106 Å². The van der Waals surface area contributed by atoms with Gasteiger partial charge in [-0.3, -0.25) is 0 Å². The third kappa shape index (κ3) is 3.00. The van der Waals surface area contributed by atoms with Gasteiger partial charge in [-0.05, 0) is 19.9 Å². The maximum absolute atomic E-state index is 5.47. The van der Waals surface area contributed by atoms with Crippen molar-refractivity contribution in [2.45, 2.75) is 20.4 Å². The van der Waals surface area contributed by atoms with E-state index in [-0.39, 0.29) is 0 Å². The third-order valence-corrected chi connectivity index (χ3v) is 2.65. The first kappa shape index (κ1) is 12.9. The molecule has 18 heavy (non-hydrogen) atoms. The second kappa shape index (κ2) is 5.84. The van der Waals surface area contributed by atoms with Crippen LogP contribution < -0.4 is 5.32 Å². The minimum Gasteiger partial charge on any atom is -0.466 e. The first-order valence-electron chi connectivity index (χ1n) is 5.93. The predicted molar refractivity (Wildman–Crippen MR) is 67.3 cm³/mol. The van der Waals surface area contributed by atoms with E-state index in [1.165, 1.54) is 0 Å². The fraction of sp³-hybridized carbons (Fsp3) is 0.462. The van der Waals surface area contributed by atoms with E-state index in [0.717, 1.165) is 35.1 Å². The van der Waals surface area contributed by atoms with Gasteiger partial charge in [-0.15, -0.1) is 0 Å². The fourth-order valence-electron chi connectivity index (χ4n) is 1.79. The van der Waals surface area contributed by atoms with Gasteiger partial charge in [0.05, 0.1) is 17.9 Å². The first-order valence-corrected chi connectivity index (χ1v) is 5.93. The monoisotopic (exact) mass is 250 g/mol. The van der Waals surface area contributed by atoms with Crippen LogP contribution in [0.4, 0.5) is 0 Å². The summed E-state index contributed by atoms with van der Waals surface area (Å²) in [7, 11) is 1.68. The number of aryl methyl sites for hydroxylation is 2. The lowest BCUT2D eigenvalue weighted by atomic mass is 10.2. The molecule has 0 spiro atoms. The highest BCUT2D eigenvalue weighted by Gasteiger charge is 2.12. The van der Waals surface area contributed by atoms with Crippen molar-refractivity contribution in [1.29, 1.82) is 0 Å². The zero-order valence-electron chi connectivity index (χ0n) is 10.9. The molecule has 0 aliphatic carbocycles. The molecule has 98 valence electrons.